The molecule has 1 saturated carbocycles. The molecule has 2 aliphatic rings. The number of rotatable bonds is 3. The van der Waals surface area contributed by atoms with Crippen LogP contribution < -0.4 is 5.32 Å². The molecule has 4 heteroatoms. The Bertz CT molecular complexity index is 395. The monoisotopic (exact) mass is 262 g/mol. The molecule has 1 aliphatic carbocycles. The van der Waals surface area contributed by atoms with Gasteiger partial charge in [-0.1, -0.05) is 19.3 Å². The lowest BCUT2D eigenvalue weighted by Gasteiger charge is -2.42. The van der Waals surface area contributed by atoms with Crippen molar-refractivity contribution < 1.29 is 0 Å². The largest absolute Gasteiger partial charge is 0.314 e. The van der Waals surface area contributed by atoms with Gasteiger partial charge in [0.05, 0.1) is 5.69 Å². The Morgan fingerprint density at radius 2 is 2.16 bits per heavy atom. The highest BCUT2D eigenvalue weighted by molar-refractivity contribution is 5.00. The molecular weight excluding hydrogens is 236 g/mol. The summed E-state index contributed by atoms with van der Waals surface area (Å²) in [5, 5.41) is 8.12. The third-order valence-corrected chi connectivity index (χ3v) is 4.73. The molecule has 0 aromatic carbocycles. The molecule has 0 amide bonds. The normalized spacial score (nSPS) is 26.7. The van der Waals surface area contributed by atoms with Crippen molar-refractivity contribution in [2.75, 3.05) is 19.6 Å². The van der Waals surface area contributed by atoms with Gasteiger partial charge in [-0.25, -0.2) is 0 Å². The van der Waals surface area contributed by atoms with Crippen LogP contribution >= 0.6 is 0 Å². The number of nitrogens with zero attached hydrogens (tertiary/aromatic N) is 3. The van der Waals surface area contributed by atoms with Crippen molar-refractivity contribution in [3.05, 3.63) is 18.0 Å². The van der Waals surface area contributed by atoms with E-state index in [0.29, 0.717) is 0 Å². The van der Waals surface area contributed by atoms with Gasteiger partial charge in [0.25, 0.3) is 0 Å². The smallest absolute Gasteiger partial charge is 0.0764 e. The Balaban J connectivity index is 1.66. The van der Waals surface area contributed by atoms with Gasteiger partial charge in [-0.05, 0) is 24.8 Å². The quantitative estimate of drug-likeness (QED) is 0.901. The van der Waals surface area contributed by atoms with Gasteiger partial charge in [0, 0.05) is 45.5 Å². The minimum absolute atomic E-state index is 0.719. The summed E-state index contributed by atoms with van der Waals surface area (Å²) < 4.78 is 1.91. The summed E-state index contributed by atoms with van der Waals surface area (Å²) in [6, 6.07) is 2.87. The Labute approximate surface area is 116 Å². The van der Waals surface area contributed by atoms with Crippen LogP contribution in [0.1, 0.15) is 37.8 Å². The zero-order chi connectivity index (χ0) is 13.1. The van der Waals surface area contributed by atoms with Crippen molar-refractivity contribution in [2.45, 2.75) is 44.7 Å². The van der Waals surface area contributed by atoms with E-state index in [-0.39, 0.29) is 0 Å². The second kappa shape index (κ2) is 6.06. The molecule has 2 fully saturated rings. The minimum Gasteiger partial charge on any atom is -0.314 e. The Morgan fingerprint density at radius 3 is 2.89 bits per heavy atom. The van der Waals surface area contributed by atoms with E-state index in [1.807, 2.05) is 17.9 Å². The summed E-state index contributed by atoms with van der Waals surface area (Å²) in [6.07, 6.45) is 9.19. The number of nitrogens with one attached hydrogen (secondary N) is 1. The first kappa shape index (κ1) is 13.1. The van der Waals surface area contributed by atoms with E-state index in [0.717, 1.165) is 38.1 Å². The predicted octanol–water partition coefficient (Wildman–Crippen LogP) is 1.77. The average molecular weight is 262 g/mol. The number of piperazine rings is 1. The first-order chi connectivity index (χ1) is 9.33. The van der Waals surface area contributed by atoms with Gasteiger partial charge in [0.1, 0.15) is 0 Å². The third-order valence-electron chi connectivity index (χ3n) is 4.73. The van der Waals surface area contributed by atoms with E-state index in [2.05, 4.69) is 21.4 Å². The Morgan fingerprint density at radius 1 is 1.32 bits per heavy atom. The highest BCUT2D eigenvalue weighted by Crippen LogP contribution is 2.30. The number of hydrogen-bond donors (Lipinski definition) is 1. The summed E-state index contributed by atoms with van der Waals surface area (Å²) in [6.45, 7) is 4.47. The lowest BCUT2D eigenvalue weighted by atomic mass is 9.82. The van der Waals surface area contributed by atoms with E-state index in [1.165, 1.54) is 37.8 Å². The standard InChI is InChI=1S/C15H26N4/c1-18-9-7-14(17-18)12-19-10-8-16-11-15(19)13-5-3-2-4-6-13/h7,9,13,15-16H,2-6,8,10-12H2,1H3. The van der Waals surface area contributed by atoms with Crippen molar-refractivity contribution in [2.24, 2.45) is 13.0 Å². The van der Waals surface area contributed by atoms with E-state index in [1.54, 1.807) is 0 Å². The SMILES string of the molecule is Cn1ccc(CN2CCNCC2C2CCCCC2)n1. The van der Waals surface area contributed by atoms with E-state index >= 15 is 0 Å². The van der Waals surface area contributed by atoms with E-state index < -0.39 is 0 Å². The lowest BCUT2D eigenvalue weighted by molar-refractivity contribution is 0.0847. The fourth-order valence-electron chi connectivity index (χ4n) is 3.70. The van der Waals surface area contributed by atoms with E-state index in [4.69, 9.17) is 0 Å². The molecule has 1 aliphatic heterocycles. The Hall–Kier alpha value is -0.870. The maximum atomic E-state index is 4.54. The summed E-state index contributed by atoms with van der Waals surface area (Å²) in [5.41, 5.74) is 1.21. The molecule has 2 heterocycles. The number of hydrogen-bond acceptors (Lipinski definition) is 3. The summed E-state index contributed by atoms with van der Waals surface area (Å²) >= 11 is 0. The van der Waals surface area contributed by atoms with Crippen LogP contribution in [0, 0.1) is 5.92 Å². The van der Waals surface area contributed by atoms with Gasteiger partial charge in [0.15, 0.2) is 0 Å². The van der Waals surface area contributed by atoms with Gasteiger partial charge in [-0.2, -0.15) is 5.10 Å². The van der Waals surface area contributed by atoms with E-state index in [9.17, 15) is 0 Å². The zero-order valence-corrected chi connectivity index (χ0v) is 12.0. The van der Waals surface area contributed by atoms with Crippen LogP contribution in [0.15, 0.2) is 12.3 Å². The molecule has 19 heavy (non-hydrogen) atoms. The van der Waals surface area contributed by atoms with Crippen LogP contribution in [0.3, 0.4) is 0 Å². The second-order valence-electron chi connectivity index (χ2n) is 6.12. The first-order valence-electron chi connectivity index (χ1n) is 7.76. The van der Waals surface area contributed by atoms with Crippen LogP contribution in [0.4, 0.5) is 0 Å². The molecule has 1 atom stereocenters. The fourth-order valence-corrected chi connectivity index (χ4v) is 3.70. The van der Waals surface area contributed by atoms with Crippen LogP contribution in [0.2, 0.25) is 0 Å². The topological polar surface area (TPSA) is 33.1 Å². The molecule has 1 aromatic rings. The summed E-state index contributed by atoms with van der Waals surface area (Å²) in [7, 11) is 2.00. The molecule has 0 radical (unpaired) electrons. The third kappa shape index (κ3) is 3.18. The van der Waals surface area contributed by atoms with Gasteiger partial charge >= 0.3 is 0 Å². The van der Waals surface area contributed by atoms with Gasteiger partial charge < -0.3 is 5.32 Å². The van der Waals surface area contributed by atoms with Crippen molar-refractivity contribution in [1.29, 1.82) is 0 Å². The van der Waals surface area contributed by atoms with Gasteiger partial charge in [-0.15, -0.1) is 0 Å². The molecule has 106 valence electrons. The lowest BCUT2D eigenvalue weighted by Crippen LogP contribution is -2.54. The van der Waals surface area contributed by atoms with Gasteiger partial charge in [0.2, 0.25) is 0 Å². The number of aryl methyl sites for hydroxylation is 1. The van der Waals surface area contributed by atoms with Crippen LogP contribution in [0.25, 0.3) is 0 Å². The molecule has 1 N–H and O–H groups in total. The molecule has 4 nitrogen and oxygen atoms in total. The highest BCUT2D eigenvalue weighted by atomic mass is 15.3. The molecule has 1 saturated heterocycles. The highest BCUT2D eigenvalue weighted by Gasteiger charge is 2.30. The molecule has 0 bridgehead atoms. The Kier molecular flexibility index (Phi) is 4.18. The molecule has 1 unspecified atom stereocenters. The van der Waals surface area contributed by atoms with Crippen molar-refractivity contribution in [3.63, 3.8) is 0 Å². The predicted molar refractivity (Wildman–Crippen MR) is 76.9 cm³/mol. The fraction of sp³-hybridized carbons (Fsp3) is 0.800. The van der Waals surface area contributed by atoms with Crippen LogP contribution in [-0.2, 0) is 13.6 Å². The van der Waals surface area contributed by atoms with Crippen LogP contribution in [-0.4, -0.2) is 40.4 Å². The maximum Gasteiger partial charge on any atom is 0.0764 e. The van der Waals surface area contributed by atoms with Crippen LogP contribution in [0.5, 0.6) is 0 Å². The van der Waals surface area contributed by atoms with Gasteiger partial charge in [-0.3, -0.25) is 9.58 Å². The zero-order valence-electron chi connectivity index (χ0n) is 12.0. The molecule has 1 aromatic heterocycles. The maximum absolute atomic E-state index is 4.54. The molecule has 0 spiro atoms. The van der Waals surface area contributed by atoms with Crippen molar-refractivity contribution >= 4 is 0 Å². The first-order valence-corrected chi connectivity index (χ1v) is 7.76. The average Bonchev–Trinajstić information content (AvgIpc) is 2.86. The van der Waals surface area contributed by atoms with Crippen molar-refractivity contribution in [3.8, 4) is 0 Å². The van der Waals surface area contributed by atoms with Crippen molar-refractivity contribution in [1.82, 2.24) is 20.0 Å². The summed E-state index contributed by atoms with van der Waals surface area (Å²) in [5.74, 6) is 0.894. The molecule has 3 rings (SSSR count). The summed E-state index contributed by atoms with van der Waals surface area (Å²) in [4.78, 5) is 2.66. The number of aromatic nitrogens is 2. The molecular formula is C15H26N4. The minimum atomic E-state index is 0.719. The second-order valence-corrected chi connectivity index (χ2v) is 6.12.